The number of imidazole rings is 1. The van der Waals surface area contributed by atoms with Crippen molar-refractivity contribution in [2.75, 3.05) is 44.2 Å². The second-order valence-electron chi connectivity index (χ2n) is 10.2. The lowest BCUT2D eigenvalue weighted by Crippen LogP contribution is -2.52. The highest BCUT2D eigenvalue weighted by Crippen LogP contribution is 2.26. The molecule has 2 fully saturated rings. The van der Waals surface area contributed by atoms with Crippen molar-refractivity contribution in [2.24, 2.45) is 5.92 Å². The Morgan fingerprint density at radius 1 is 1.03 bits per heavy atom. The van der Waals surface area contributed by atoms with Gasteiger partial charge in [-0.3, -0.25) is 9.69 Å². The van der Waals surface area contributed by atoms with E-state index in [-0.39, 0.29) is 5.92 Å². The number of hydrogen-bond donors (Lipinski definition) is 0. The number of fused-ring (bicyclic) bond motifs is 1. The van der Waals surface area contributed by atoms with Crippen molar-refractivity contribution in [3.63, 3.8) is 0 Å². The van der Waals surface area contributed by atoms with E-state index in [0.717, 1.165) is 70.0 Å². The van der Waals surface area contributed by atoms with Gasteiger partial charge < -0.3 is 14.4 Å². The first-order chi connectivity index (χ1) is 16.5. The number of para-hydroxylation sites is 2. The number of aryl methyl sites for hydroxylation is 1. The third-order valence-corrected chi connectivity index (χ3v) is 7.36. The van der Waals surface area contributed by atoms with Gasteiger partial charge in [0.15, 0.2) is 0 Å². The maximum atomic E-state index is 13.4. The van der Waals surface area contributed by atoms with Crippen LogP contribution in [0.3, 0.4) is 0 Å². The van der Waals surface area contributed by atoms with E-state index in [1.165, 1.54) is 16.8 Å². The molecule has 0 N–H and O–H groups in total. The third-order valence-electron chi connectivity index (χ3n) is 7.36. The van der Waals surface area contributed by atoms with Crippen molar-refractivity contribution < 1.29 is 4.79 Å². The average Bonchev–Trinajstić information content (AvgIpc) is 3.22. The van der Waals surface area contributed by atoms with Gasteiger partial charge >= 0.3 is 0 Å². The first-order valence-electron chi connectivity index (χ1n) is 12.8. The van der Waals surface area contributed by atoms with Crippen LogP contribution in [0.2, 0.25) is 0 Å². The summed E-state index contributed by atoms with van der Waals surface area (Å²) in [5, 5.41) is 0. The first kappa shape index (κ1) is 22.9. The molecule has 2 aliphatic heterocycles. The van der Waals surface area contributed by atoms with Crippen LogP contribution in [0, 0.1) is 12.8 Å². The molecule has 180 valence electrons. The summed E-state index contributed by atoms with van der Waals surface area (Å²) in [6, 6.07) is 17.4. The van der Waals surface area contributed by atoms with Crippen LogP contribution in [0.25, 0.3) is 11.0 Å². The average molecular weight is 460 g/mol. The van der Waals surface area contributed by atoms with Crippen molar-refractivity contribution in [3.8, 4) is 0 Å². The summed E-state index contributed by atoms with van der Waals surface area (Å²) in [7, 11) is 0. The summed E-state index contributed by atoms with van der Waals surface area (Å²) in [5.41, 5.74) is 4.80. The molecule has 6 heteroatoms. The molecule has 1 aromatic heterocycles. The van der Waals surface area contributed by atoms with Gasteiger partial charge in [0.05, 0.1) is 23.5 Å². The zero-order valence-corrected chi connectivity index (χ0v) is 20.8. The van der Waals surface area contributed by atoms with Crippen LogP contribution in [0.5, 0.6) is 0 Å². The Hall–Kier alpha value is -2.86. The summed E-state index contributed by atoms with van der Waals surface area (Å²) in [5.74, 6) is 1.54. The van der Waals surface area contributed by atoms with Gasteiger partial charge in [-0.1, -0.05) is 24.3 Å². The summed E-state index contributed by atoms with van der Waals surface area (Å²) in [6.45, 7) is 12.7. The fourth-order valence-electron chi connectivity index (χ4n) is 5.65. The predicted molar refractivity (Wildman–Crippen MR) is 138 cm³/mol. The molecule has 6 nitrogen and oxygen atoms in total. The quantitative estimate of drug-likeness (QED) is 0.564. The maximum Gasteiger partial charge on any atom is 0.227 e. The topological polar surface area (TPSA) is 44.6 Å². The van der Waals surface area contributed by atoms with Gasteiger partial charge in [0.25, 0.3) is 0 Å². The smallest absolute Gasteiger partial charge is 0.227 e. The Morgan fingerprint density at radius 2 is 1.82 bits per heavy atom. The molecule has 0 radical (unpaired) electrons. The molecule has 0 aliphatic carbocycles. The van der Waals surface area contributed by atoms with E-state index in [4.69, 9.17) is 4.98 Å². The molecule has 1 amide bonds. The second-order valence-corrected chi connectivity index (χ2v) is 10.2. The highest BCUT2D eigenvalue weighted by Gasteiger charge is 2.31. The number of hydrogen-bond acceptors (Lipinski definition) is 4. The van der Waals surface area contributed by atoms with Gasteiger partial charge in [0, 0.05) is 44.5 Å². The zero-order chi connectivity index (χ0) is 23.7. The number of piperazine rings is 1. The third kappa shape index (κ3) is 4.69. The molecule has 2 saturated heterocycles. The second kappa shape index (κ2) is 9.79. The van der Waals surface area contributed by atoms with Crippen LogP contribution in [0.15, 0.2) is 48.5 Å². The first-order valence-corrected chi connectivity index (χ1v) is 12.8. The van der Waals surface area contributed by atoms with Gasteiger partial charge in [0.1, 0.15) is 5.82 Å². The van der Waals surface area contributed by atoms with Crippen molar-refractivity contribution in [1.29, 1.82) is 0 Å². The van der Waals surface area contributed by atoms with Crippen molar-refractivity contribution in [2.45, 2.75) is 46.2 Å². The minimum absolute atomic E-state index is 0.0937. The van der Waals surface area contributed by atoms with Gasteiger partial charge in [-0.25, -0.2) is 4.98 Å². The monoisotopic (exact) mass is 459 g/mol. The van der Waals surface area contributed by atoms with Crippen LogP contribution in [-0.2, 0) is 11.3 Å². The van der Waals surface area contributed by atoms with Crippen molar-refractivity contribution in [3.05, 3.63) is 59.9 Å². The van der Waals surface area contributed by atoms with Gasteiger partial charge in [-0.2, -0.15) is 0 Å². The van der Waals surface area contributed by atoms with E-state index in [2.05, 4.69) is 88.6 Å². The largest absolute Gasteiger partial charge is 0.368 e. The Kier molecular flexibility index (Phi) is 6.59. The molecule has 0 bridgehead atoms. The molecular weight excluding hydrogens is 422 g/mol. The fraction of sp³-hybridized carbons (Fsp3) is 0.500. The molecule has 1 atom stereocenters. The van der Waals surface area contributed by atoms with Gasteiger partial charge in [0.2, 0.25) is 5.91 Å². The number of rotatable bonds is 5. The van der Waals surface area contributed by atoms with E-state index >= 15 is 0 Å². The molecule has 3 heterocycles. The SMILES string of the molecule is Cc1cccc(N2CCN(C(=O)[C@@H]3CCCN(Cc4nc5ccccc5n4C(C)C)C3)CC2)c1. The molecule has 3 aromatic rings. The maximum absolute atomic E-state index is 13.4. The minimum Gasteiger partial charge on any atom is -0.368 e. The fourth-order valence-corrected chi connectivity index (χ4v) is 5.65. The van der Waals surface area contributed by atoms with E-state index < -0.39 is 0 Å². The Bertz CT molecular complexity index is 1140. The lowest BCUT2D eigenvalue weighted by Gasteiger charge is -2.39. The van der Waals surface area contributed by atoms with Crippen LogP contribution in [0.4, 0.5) is 5.69 Å². The lowest BCUT2D eigenvalue weighted by molar-refractivity contribution is -0.137. The Balaban J connectivity index is 1.22. The van der Waals surface area contributed by atoms with Crippen molar-refractivity contribution >= 4 is 22.6 Å². The molecule has 0 spiro atoms. The molecule has 2 aromatic carbocycles. The summed E-state index contributed by atoms with van der Waals surface area (Å²) >= 11 is 0. The van der Waals surface area contributed by atoms with E-state index in [1.807, 2.05) is 0 Å². The molecular formula is C28H37N5O. The number of anilines is 1. The van der Waals surface area contributed by atoms with Crippen LogP contribution in [-0.4, -0.2) is 64.5 Å². The van der Waals surface area contributed by atoms with Crippen LogP contribution in [0.1, 0.15) is 44.1 Å². The van der Waals surface area contributed by atoms with Gasteiger partial charge in [-0.15, -0.1) is 0 Å². The lowest BCUT2D eigenvalue weighted by atomic mass is 9.96. The van der Waals surface area contributed by atoms with E-state index in [0.29, 0.717) is 11.9 Å². The van der Waals surface area contributed by atoms with Crippen LogP contribution < -0.4 is 4.90 Å². The number of likely N-dealkylation sites (tertiary alicyclic amines) is 1. The zero-order valence-electron chi connectivity index (χ0n) is 20.8. The van der Waals surface area contributed by atoms with Crippen LogP contribution >= 0.6 is 0 Å². The Morgan fingerprint density at radius 3 is 2.59 bits per heavy atom. The number of piperidine rings is 1. The highest BCUT2D eigenvalue weighted by molar-refractivity contribution is 5.79. The van der Waals surface area contributed by atoms with E-state index in [9.17, 15) is 4.79 Å². The number of amides is 1. The molecule has 2 aliphatic rings. The number of benzene rings is 2. The normalized spacial score (nSPS) is 19.8. The van der Waals surface area contributed by atoms with Gasteiger partial charge in [-0.05, 0) is 70.0 Å². The number of nitrogens with zero attached hydrogens (tertiary/aromatic N) is 5. The Labute approximate surface area is 203 Å². The standard InChI is InChI=1S/C28H37N5O/c1-21(2)33-26-12-5-4-11-25(26)29-27(33)20-30-13-7-9-23(19-30)28(34)32-16-14-31(15-17-32)24-10-6-8-22(3)18-24/h4-6,8,10-12,18,21,23H,7,9,13-17,19-20H2,1-3H3/t23-/m1/s1. The number of aromatic nitrogens is 2. The summed E-state index contributed by atoms with van der Waals surface area (Å²) in [6.07, 6.45) is 2.07. The number of carbonyl (C=O) groups excluding carboxylic acids is 1. The summed E-state index contributed by atoms with van der Waals surface area (Å²) in [4.78, 5) is 25.3. The van der Waals surface area contributed by atoms with E-state index in [1.54, 1.807) is 0 Å². The highest BCUT2D eigenvalue weighted by atomic mass is 16.2. The molecule has 0 unspecified atom stereocenters. The summed E-state index contributed by atoms with van der Waals surface area (Å²) < 4.78 is 2.35. The molecule has 0 saturated carbocycles. The predicted octanol–water partition coefficient (Wildman–Crippen LogP) is 4.49. The number of carbonyl (C=O) groups is 1. The van der Waals surface area contributed by atoms with Crippen molar-refractivity contribution in [1.82, 2.24) is 19.4 Å². The minimum atomic E-state index is 0.0937. The molecule has 5 rings (SSSR count). The molecule has 34 heavy (non-hydrogen) atoms.